The van der Waals surface area contributed by atoms with Crippen LogP contribution < -0.4 is 10.1 Å². The average molecular weight is 313 g/mol. The van der Waals surface area contributed by atoms with Gasteiger partial charge in [-0.3, -0.25) is 4.79 Å². The fourth-order valence-corrected chi connectivity index (χ4v) is 2.31. The molecule has 1 aromatic heterocycles. The van der Waals surface area contributed by atoms with E-state index in [1.807, 2.05) is 0 Å². The number of ether oxygens (including phenoxy) is 1. The van der Waals surface area contributed by atoms with Crippen LogP contribution in [0.3, 0.4) is 0 Å². The van der Waals surface area contributed by atoms with Crippen molar-refractivity contribution in [3.63, 3.8) is 0 Å². The van der Waals surface area contributed by atoms with E-state index >= 15 is 0 Å². The van der Waals surface area contributed by atoms with Crippen LogP contribution in [0.15, 0.2) is 42.5 Å². The van der Waals surface area contributed by atoms with Gasteiger partial charge in [0.2, 0.25) is 0 Å². The van der Waals surface area contributed by atoms with E-state index in [2.05, 4.69) is 15.3 Å². The Kier molecular flexibility index (Phi) is 4.23. The molecular formula is C17H16FN3O2. The van der Waals surface area contributed by atoms with Crippen molar-refractivity contribution < 1.29 is 13.9 Å². The molecule has 0 saturated carbocycles. The molecular weight excluding hydrogens is 297 g/mol. The van der Waals surface area contributed by atoms with Gasteiger partial charge in [0.1, 0.15) is 17.4 Å². The molecule has 23 heavy (non-hydrogen) atoms. The first-order valence-corrected chi connectivity index (χ1v) is 7.22. The molecule has 2 aromatic carbocycles. The Labute approximate surface area is 132 Å². The highest BCUT2D eigenvalue weighted by atomic mass is 19.1. The van der Waals surface area contributed by atoms with E-state index in [1.165, 1.54) is 12.1 Å². The molecule has 0 spiro atoms. The highest BCUT2D eigenvalue weighted by Gasteiger charge is 2.08. The van der Waals surface area contributed by atoms with E-state index in [9.17, 15) is 9.18 Å². The summed E-state index contributed by atoms with van der Waals surface area (Å²) in [7, 11) is 1.56. The summed E-state index contributed by atoms with van der Waals surface area (Å²) in [5.74, 6) is 0.860. The highest BCUT2D eigenvalue weighted by Crippen LogP contribution is 2.14. The molecule has 3 aromatic rings. The summed E-state index contributed by atoms with van der Waals surface area (Å²) in [4.78, 5) is 19.5. The minimum Gasteiger partial charge on any atom is -0.497 e. The van der Waals surface area contributed by atoms with Crippen molar-refractivity contribution in [2.24, 2.45) is 0 Å². The van der Waals surface area contributed by atoms with Crippen molar-refractivity contribution >= 4 is 16.9 Å². The lowest BCUT2D eigenvalue weighted by Gasteiger charge is -2.05. The van der Waals surface area contributed by atoms with Crippen LogP contribution in [0.5, 0.6) is 5.75 Å². The molecule has 0 fully saturated rings. The number of hydrogen-bond donors (Lipinski definition) is 2. The van der Waals surface area contributed by atoms with Crippen LogP contribution in [-0.2, 0) is 6.42 Å². The Bertz CT molecular complexity index is 845. The molecule has 0 aliphatic carbocycles. The highest BCUT2D eigenvalue weighted by molar-refractivity contribution is 5.94. The zero-order valence-corrected chi connectivity index (χ0v) is 12.6. The number of nitrogens with one attached hydrogen (secondary N) is 2. The zero-order chi connectivity index (χ0) is 16.2. The monoisotopic (exact) mass is 313 g/mol. The number of halogens is 1. The van der Waals surface area contributed by atoms with Crippen LogP contribution in [0.1, 0.15) is 16.2 Å². The Hall–Kier alpha value is -2.89. The van der Waals surface area contributed by atoms with E-state index in [-0.39, 0.29) is 11.7 Å². The van der Waals surface area contributed by atoms with Gasteiger partial charge in [-0.15, -0.1) is 0 Å². The van der Waals surface area contributed by atoms with Gasteiger partial charge in [0, 0.05) is 18.5 Å². The molecule has 2 N–H and O–H groups in total. The predicted molar refractivity (Wildman–Crippen MR) is 85.1 cm³/mol. The van der Waals surface area contributed by atoms with E-state index in [4.69, 9.17) is 4.74 Å². The van der Waals surface area contributed by atoms with Crippen LogP contribution in [0.25, 0.3) is 11.0 Å². The average Bonchev–Trinajstić information content (AvgIpc) is 2.96. The number of methoxy groups -OCH3 is 1. The van der Waals surface area contributed by atoms with Gasteiger partial charge in [-0.05, 0) is 36.4 Å². The minimum absolute atomic E-state index is 0.175. The first-order valence-electron chi connectivity index (χ1n) is 7.22. The topological polar surface area (TPSA) is 67.0 Å². The number of hydrogen-bond acceptors (Lipinski definition) is 3. The van der Waals surface area contributed by atoms with E-state index in [0.717, 1.165) is 0 Å². The van der Waals surface area contributed by atoms with Gasteiger partial charge in [0.25, 0.3) is 5.91 Å². The summed E-state index contributed by atoms with van der Waals surface area (Å²) in [6.07, 6.45) is 0.534. The second-order valence-corrected chi connectivity index (χ2v) is 5.08. The maximum Gasteiger partial charge on any atom is 0.251 e. The van der Waals surface area contributed by atoms with Crippen molar-refractivity contribution in [1.82, 2.24) is 15.3 Å². The van der Waals surface area contributed by atoms with E-state index < -0.39 is 0 Å². The van der Waals surface area contributed by atoms with Crippen LogP contribution in [0.4, 0.5) is 4.39 Å². The number of imidazole rings is 1. The van der Waals surface area contributed by atoms with Crippen LogP contribution >= 0.6 is 0 Å². The number of rotatable bonds is 5. The Balaban J connectivity index is 1.60. The number of fused-ring (bicyclic) bond motifs is 1. The SMILES string of the molecule is COc1cccc(C(=O)NCCc2nc3ccc(F)cc3[nH]2)c1. The largest absolute Gasteiger partial charge is 0.497 e. The molecule has 0 aliphatic heterocycles. The first kappa shape index (κ1) is 15.0. The molecule has 1 heterocycles. The van der Waals surface area contributed by atoms with Gasteiger partial charge in [0.15, 0.2) is 0 Å². The second-order valence-electron chi connectivity index (χ2n) is 5.08. The summed E-state index contributed by atoms with van der Waals surface area (Å²) in [5.41, 5.74) is 1.90. The summed E-state index contributed by atoms with van der Waals surface area (Å²) >= 11 is 0. The molecule has 6 heteroatoms. The van der Waals surface area contributed by atoms with Gasteiger partial charge in [-0.25, -0.2) is 9.37 Å². The van der Waals surface area contributed by atoms with Crippen molar-refractivity contribution in [3.8, 4) is 5.75 Å². The first-order chi connectivity index (χ1) is 11.2. The minimum atomic E-state index is -0.306. The number of nitrogens with zero attached hydrogens (tertiary/aromatic N) is 1. The smallest absolute Gasteiger partial charge is 0.251 e. The second kappa shape index (κ2) is 6.48. The number of aromatic amines is 1. The molecule has 0 saturated heterocycles. The lowest BCUT2D eigenvalue weighted by Crippen LogP contribution is -2.25. The zero-order valence-electron chi connectivity index (χ0n) is 12.6. The Morgan fingerprint density at radius 1 is 1.30 bits per heavy atom. The maximum atomic E-state index is 13.1. The number of H-pyrrole nitrogens is 1. The van der Waals surface area contributed by atoms with Crippen LogP contribution in [-0.4, -0.2) is 29.5 Å². The lowest BCUT2D eigenvalue weighted by atomic mass is 10.2. The summed E-state index contributed by atoms with van der Waals surface area (Å²) in [6.45, 7) is 0.429. The van der Waals surface area contributed by atoms with Crippen LogP contribution in [0.2, 0.25) is 0 Å². The number of carbonyl (C=O) groups is 1. The molecule has 3 rings (SSSR count). The molecule has 118 valence electrons. The van der Waals surface area contributed by atoms with E-state index in [0.29, 0.717) is 41.1 Å². The molecule has 0 aliphatic rings. The third kappa shape index (κ3) is 3.48. The third-order valence-corrected chi connectivity index (χ3v) is 3.47. The van der Waals surface area contributed by atoms with Crippen molar-refractivity contribution in [3.05, 3.63) is 59.7 Å². The van der Waals surface area contributed by atoms with Gasteiger partial charge in [-0.1, -0.05) is 6.07 Å². The molecule has 1 amide bonds. The summed E-state index contributed by atoms with van der Waals surface area (Å²) in [6, 6.07) is 11.4. The quantitative estimate of drug-likeness (QED) is 0.761. The Morgan fingerprint density at radius 2 is 2.17 bits per heavy atom. The van der Waals surface area contributed by atoms with Crippen molar-refractivity contribution in [2.75, 3.05) is 13.7 Å². The fraction of sp³-hybridized carbons (Fsp3) is 0.176. The molecule has 5 nitrogen and oxygen atoms in total. The van der Waals surface area contributed by atoms with E-state index in [1.54, 1.807) is 37.4 Å². The molecule has 0 unspecified atom stereocenters. The van der Waals surface area contributed by atoms with Crippen LogP contribution in [0, 0.1) is 5.82 Å². The lowest BCUT2D eigenvalue weighted by molar-refractivity contribution is 0.0953. The number of amides is 1. The number of carbonyl (C=O) groups excluding carboxylic acids is 1. The third-order valence-electron chi connectivity index (χ3n) is 3.47. The number of benzene rings is 2. The fourth-order valence-electron chi connectivity index (χ4n) is 2.31. The van der Waals surface area contributed by atoms with Gasteiger partial charge < -0.3 is 15.0 Å². The standard InChI is InChI=1S/C17H16FN3O2/c1-23-13-4-2-3-11(9-13)17(22)19-8-7-16-20-14-6-5-12(18)10-15(14)21-16/h2-6,9-10H,7-8H2,1H3,(H,19,22)(H,20,21). The van der Waals surface area contributed by atoms with Gasteiger partial charge in [0.05, 0.1) is 18.1 Å². The molecule has 0 bridgehead atoms. The van der Waals surface area contributed by atoms with Gasteiger partial charge in [-0.2, -0.15) is 0 Å². The Morgan fingerprint density at radius 3 is 3.00 bits per heavy atom. The normalized spacial score (nSPS) is 10.7. The summed E-state index contributed by atoms with van der Waals surface area (Å²) < 4.78 is 18.2. The summed E-state index contributed by atoms with van der Waals surface area (Å²) in [5, 5.41) is 2.83. The molecule has 0 radical (unpaired) electrons. The van der Waals surface area contributed by atoms with Gasteiger partial charge >= 0.3 is 0 Å². The van der Waals surface area contributed by atoms with Crippen molar-refractivity contribution in [2.45, 2.75) is 6.42 Å². The predicted octanol–water partition coefficient (Wildman–Crippen LogP) is 2.68. The maximum absolute atomic E-state index is 13.1. The molecule has 0 atom stereocenters. The number of aromatic nitrogens is 2. The van der Waals surface area contributed by atoms with Crippen molar-refractivity contribution in [1.29, 1.82) is 0 Å².